The maximum Gasteiger partial charge on any atom is 0.338 e. The fourth-order valence-corrected chi connectivity index (χ4v) is 5.64. The largest absolute Gasteiger partial charge is 0.452 e. The van der Waals surface area contributed by atoms with Gasteiger partial charge >= 0.3 is 5.97 Å². The molecule has 1 aromatic rings. The molecule has 1 saturated carbocycles. The molecule has 8 heteroatoms. The summed E-state index contributed by atoms with van der Waals surface area (Å²) in [5.41, 5.74) is 0.164. The van der Waals surface area contributed by atoms with Crippen LogP contribution in [0.4, 0.5) is 4.39 Å². The Morgan fingerprint density at radius 1 is 1.04 bits per heavy atom. The molecule has 0 spiro atoms. The third kappa shape index (κ3) is 5.06. The van der Waals surface area contributed by atoms with Gasteiger partial charge in [0.25, 0.3) is 5.91 Å². The molecule has 1 heterocycles. The van der Waals surface area contributed by atoms with Gasteiger partial charge < -0.3 is 9.64 Å². The molecule has 2 fully saturated rings. The first-order valence-corrected chi connectivity index (χ1v) is 11.1. The highest BCUT2D eigenvalue weighted by molar-refractivity contribution is 7.91. The molecule has 0 aromatic heterocycles. The van der Waals surface area contributed by atoms with Crippen LogP contribution in [-0.2, 0) is 19.4 Å². The minimum absolute atomic E-state index is 0.00549. The summed E-state index contributed by atoms with van der Waals surface area (Å²) in [5.74, 6) is -1.47. The van der Waals surface area contributed by atoms with Gasteiger partial charge in [-0.05, 0) is 43.5 Å². The second-order valence-electron chi connectivity index (χ2n) is 7.23. The number of halogens is 1. The van der Waals surface area contributed by atoms with Gasteiger partial charge in [0.1, 0.15) is 5.82 Å². The maximum atomic E-state index is 12.9. The van der Waals surface area contributed by atoms with Gasteiger partial charge in [-0.15, -0.1) is 0 Å². The maximum absolute atomic E-state index is 12.9. The van der Waals surface area contributed by atoms with Gasteiger partial charge in [-0.1, -0.05) is 19.3 Å². The van der Waals surface area contributed by atoms with Crippen LogP contribution in [0.3, 0.4) is 0 Å². The average molecular weight is 397 g/mol. The van der Waals surface area contributed by atoms with Crippen molar-refractivity contribution in [2.24, 2.45) is 0 Å². The van der Waals surface area contributed by atoms with Crippen LogP contribution in [-0.4, -0.2) is 55.4 Å². The number of esters is 1. The predicted molar refractivity (Wildman–Crippen MR) is 97.5 cm³/mol. The topological polar surface area (TPSA) is 80.8 Å². The Bertz CT molecular complexity index is 787. The molecule has 0 bridgehead atoms. The number of benzene rings is 1. The third-order valence-corrected chi connectivity index (χ3v) is 7.01. The Morgan fingerprint density at radius 3 is 2.30 bits per heavy atom. The minimum atomic E-state index is -3.13. The van der Waals surface area contributed by atoms with Gasteiger partial charge in [0.2, 0.25) is 0 Å². The quantitative estimate of drug-likeness (QED) is 0.713. The summed E-state index contributed by atoms with van der Waals surface area (Å²) in [4.78, 5) is 26.6. The van der Waals surface area contributed by atoms with Crippen molar-refractivity contribution < 1.29 is 27.1 Å². The summed E-state index contributed by atoms with van der Waals surface area (Å²) >= 11 is 0. The lowest BCUT2D eigenvalue weighted by Gasteiger charge is -2.38. The molecule has 148 valence electrons. The molecule has 2 aliphatic rings. The summed E-state index contributed by atoms with van der Waals surface area (Å²) in [6, 6.07) is 4.53. The first-order valence-electron chi connectivity index (χ1n) is 9.30. The van der Waals surface area contributed by atoms with Crippen molar-refractivity contribution in [1.29, 1.82) is 0 Å². The monoisotopic (exact) mass is 397 g/mol. The van der Waals surface area contributed by atoms with E-state index in [-0.39, 0.29) is 35.1 Å². The van der Waals surface area contributed by atoms with Gasteiger partial charge in [0.05, 0.1) is 17.1 Å². The van der Waals surface area contributed by atoms with E-state index in [1.807, 2.05) is 0 Å². The zero-order valence-electron chi connectivity index (χ0n) is 15.1. The lowest BCUT2D eigenvalue weighted by atomic mass is 9.93. The van der Waals surface area contributed by atoms with Crippen LogP contribution < -0.4 is 0 Å². The first kappa shape index (κ1) is 19.8. The van der Waals surface area contributed by atoms with Gasteiger partial charge in [-0.25, -0.2) is 17.6 Å². The zero-order chi connectivity index (χ0) is 19.4. The van der Waals surface area contributed by atoms with Crippen molar-refractivity contribution in [2.75, 3.05) is 18.1 Å². The number of hydrogen-bond acceptors (Lipinski definition) is 5. The number of carbonyl (C=O) groups is 2. The lowest BCUT2D eigenvalue weighted by molar-refractivity contribution is -0.140. The highest BCUT2D eigenvalue weighted by atomic mass is 32.2. The molecular formula is C19H24FNO5S. The number of carbonyl (C=O) groups excluding carboxylic acids is 2. The number of nitrogens with zero attached hydrogens (tertiary/aromatic N) is 1. The van der Waals surface area contributed by atoms with E-state index in [1.54, 1.807) is 4.90 Å². The standard InChI is InChI=1S/C19H24FNO5S/c20-15-8-6-14(7-9-15)19(23)26-12-18(22)21(16-4-2-1-3-5-16)17-10-11-27(24,25)13-17/h6-9,16-17H,1-5,10-13H2/t17-/m1/s1. The van der Waals surface area contributed by atoms with Crippen molar-refractivity contribution in [1.82, 2.24) is 4.90 Å². The molecular weight excluding hydrogens is 373 g/mol. The van der Waals surface area contributed by atoms with Crippen molar-refractivity contribution in [3.05, 3.63) is 35.6 Å². The van der Waals surface area contributed by atoms with Crippen molar-refractivity contribution in [3.8, 4) is 0 Å². The average Bonchev–Trinajstić information content (AvgIpc) is 3.00. The summed E-state index contributed by atoms with van der Waals surface area (Å²) in [6.45, 7) is -0.441. The van der Waals surface area contributed by atoms with E-state index in [0.29, 0.717) is 6.42 Å². The number of ether oxygens (including phenoxy) is 1. The van der Waals surface area contributed by atoms with Crippen LogP contribution in [0.1, 0.15) is 48.9 Å². The molecule has 1 aliphatic heterocycles. The molecule has 6 nitrogen and oxygen atoms in total. The summed E-state index contributed by atoms with van der Waals surface area (Å²) in [6.07, 6.45) is 5.23. The normalized spacial score (nSPS) is 22.3. The summed E-state index contributed by atoms with van der Waals surface area (Å²) in [5, 5.41) is 0. The summed E-state index contributed by atoms with van der Waals surface area (Å²) < 4.78 is 41.8. The number of amides is 1. The van der Waals surface area contributed by atoms with Crippen molar-refractivity contribution in [2.45, 2.75) is 50.6 Å². The predicted octanol–water partition coefficient (Wildman–Crippen LogP) is 2.33. The van der Waals surface area contributed by atoms with Crippen LogP contribution in [0.15, 0.2) is 24.3 Å². The van der Waals surface area contributed by atoms with Crippen LogP contribution in [0.5, 0.6) is 0 Å². The molecule has 27 heavy (non-hydrogen) atoms. The molecule has 0 radical (unpaired) electrons. The highest BCUT2D eigenvalue weighted by Gasteiger charge is 2.38. The Hall–Kier alpha value is -1.96. The van der Waals surface area contributed by atoms with Gasteiger partial charge in [-0.2, -0.15) is 0 Å². The molecule has 1 amide bonds. The molecule has 0 unspecified atom stereocenters. The van der Waals surface area contributed by atoms with E-state index in [9.17, 15) is 22.4 Å². The second-order valence-corrected chi connectivity index (χ2v) is 9.46. The Morgan fingerprint density at radius 2 is 1.70 bits per heavy atom. The fraction of sp³-hybridized carbons (Fsp3) is 0.579. The van der Waals surface area contributed by atoms with Crippen LogP contribution in [0, 0.1) is 5.82 Å². The SMILES string of the molecule is O=C(OCC(=O)N(C1CCCCC1)[C@@H]1CCS(=O)(=O)C1)c1ccc(F)cc1. The minimum Gasteiger partial charge on any atom is -0.452 e. The number of hydrogen-bond donors (Lipinski definition) is 0. The van der Waals surface area contributed by atoms with Gasteiger partial charge in [0.15, 0.2) is 16.4 Å². The van der Waals surface area contributed by atoms with Gasteiger partial charge in [-0.3, -0.25) is 4.79 Å². The molecule has 3 rings (SSSR count). The van der Waals surface area contributed by atoms with E-state index in [0.717, 1.165) is 44.2 Å². The van der Waals surface area contributed by atoms with E-state index in [2.05, 4.69) is 0 Å². The summed E-state index contributed by atoms with van der Waals surface area (Å²) in [7, 11) is -3.13. The number of rotatable bonds is 5. The molecule has 1 atom stereocenters. The molecule has 0 N–H and O–H groups in total. The van der Waals surface area contributed by atoms with Gasteiger partial charge in [0, 0.05) is 12.1 Å². The van der Waals surface area contributed by atoms with E-state index >= 15 is 0 Å². The van der Waals surface area contributed by atoms with Crippen LogP contribution in [0.25, 0.3) is 0 Å². The first-order chi connectivity index (χ1) is 12.9. The Kier molecular flexibility index (Phi) is 6.14. The van der Waals surface area contributed by atoms with Crippen LogP contribution >= 0.6 is 0 Å². The Balaban J connectivity index is 1.67. The smallest absolute Gasteiger partial charge is 0.338 e. The molecule has 1 saturated heterocycles. The molecule has 1 aromatic carbocycles. The molecule has 1 aliphatic carbocycles. The van der Waals surface area contributed by atoms with Crippen LogP contribution in [0.2, 0.25) is 0 Å². The zero-order valence-corrected chi connectivity index (χ0v) is 15.9. The second kappa shape index (κ2) is 8.37. The van der Waals surface area contributed by atoms with E-state index in [1.165, 1.54) is 12.1 Å². The van der Waals surface area contributed by atoms with Crippen molar-refractivity contribution in [3.63, 3.8) is 0 Å². The lowest BCUT2D eigenvalue weighted by Crippen LogP contribution is -2.50. The number of sulfone groups is 1. The highest BCUT2D eigenvalue weighted by Crippen LogP contribution is 2.28. The Labute approximate surface area is 158 Å². The fourth-order valence-electron chi connectivity index (χ4n) is 3.93. The third-order valence-electron chi connectivity index (χ3n) is 5.26. The van der Waals surface area contributed by atoms with Crippen molar-refractivity contribution >= 4 is 21.7 Å². The van der Waals surface area contributed by atoms with E-state index in [4.69, 9.17) is 4.74 Å². The van der Waals surface area contributed by atoms with E-state index < -0.39 is 28.2 Å².